The van der Waals surface area contributed by atoms with Gasteiger partial charge in [-0.05, 0) is 60.1 Å². The number of hydrogen-bond donors (Lipinski definition) is 0. The molecule has 1 fully saturated rings. The third kappa shape index (κ3) is 4.28. The third-order valence-corrected chi connectivity index (χ3v) is 5.51. The van der Waals surface area contributed by atoms with Crippen molar-refractivity contribution in [1.82, 2.24) is 9.97 Å². The van der Waals surface area contributed by atoms with Gasteiger partial charge < -0.3 is 14.5 Å². The summed E-state index contributed by atoms with van der Waals surface area (Å²) in [6, 6.07) is 8.74. The molecule has 0 saturated carbocycles. The molecule has 1 saturated heterocycles. The molecule has 0 amide bonds. The zero-order valence-corrected chi connectivity index (χ0v) is 18.2. The van der Waals surface area contributed by atoms with E-state index in [1.54, 1.807) is 0 Å². The molecule has 0 aliphatic carbocycles. The molecule has 1 aliphatic rings. The molecule has 0 N–H and O–H groups in total. The zero-order chi connectivity index (χ0) is 18.7. The molecule has 5 nitrogen and oxygen atoms in total. The maximum absolute atomic E-state index is 5.47. The number of rotatable bonds is 5. The summed E-state index contributed by atoms with van der Waals surface area (Å²) in [4.78, 5) is 14.1. The second-order valence-electron chi connectivity index (χ2n) is 6.88. The van der Waals surface area contributed by atoms with Crippen molar-refractivity contribution >= 4 is 40.0 Å². The summed E-state index contributed by atoms with van der Waals surface area (Å²) in [5.41, 5.74) is 3.51. The van der Waals surface area contributed by atoms with Gasteiger partial charge in [-0.15, -0.1) is 0 Å². The Kier molecular flexibility index (Phi) is 6.34. The normalized spacial score (nSPS) is 14.8. The van der Waals surface area contributed by atoms with Crippen LogP contribution in [-0.4, -0.2) is 42.8 Å². The minimum absolute atomic E-state index is 0.524. The first kappa shape index (κ1) is 19.4. The lowest BCUT2D eigenvalue weighted by atomic mass is 10.0. The van der Waals surface area contributed by atoms with Crippen LogP contribution in [0.5, 0.6) is 0 Å². The maximum atomic E-state index is 5.47. The number of benzene rings is 1. The van der Waals surface area contributed by atoms with Gasteiger partial charge in [-0.1, -0.05) is 19.9 Å². The second kappa shape index (κ2) is 8.52. The highest BCUT2D eigenvalue weighted by atomic mass is 127. The number of hydrogen-bond acceptors (Lipinski definition) is 5. The van der Waals surface area contributed by atoms with Gasteiger partial charge in [-0.25, -0.2) is 4.98 Å². The first-order valence-corrected chi connectivity index (χ1v) is 10.3. The monoisotopic (exact) mass is 466 g/mol. The fourth-order valence-corrected chi connectivity index (χ4v) is 3.96. The van der Waals surface area contributed by atoms with E-state index in [0.717, 1.165) is 56.0 Å². The smallest absolute Gasteiger partial charge is 0.232 e. The summed E-state index contributed by atoms with van der Waals surface area (Å²) < 4.78 is 6.70. The molecule has 2 aromatic rings. The molecule has 0 radical (unpaired) electrons. The molecule has 2 heterocycles. The van der Waals surface area contributed by atoms with E-state index in [1.165, 1.54) is 9.13 Å². The predicted octanol–water partition coefficient (Wildman–Crippen LogP) is 4.51. The van der Waals surface area contributed by atoms with Crippen molar-refractivity contribution in [2.45, 2.75) is 33.6 Å². The number of aryl methyl sites for hydroxylation is 1. The summed E-state index contributed by atoms with van der Waals surface area (Å²) >= 11 is 2.42. The van der Waals surface area contributed by atoms with Crippen LogP contribution in [0.15, 0.2) is 24.3 Å². The largest absolute Gasteiger partial charge is 0.378 e. The van der Waals surface area contributed by atoms with Crippen LogP contribution in [0.2, 0.25) is 0 Å². The van der Waals surface area contributed by atoms with Crippen LogP contribution in [0.4, 0.5) is 17.5 Å². The summed E-state index contributed by atoms with van der Waals surface area (Å²) in [6.45, 7) is 12.7. The number of anilines is 3. The molecular weight excluding hydrogens is 439 g/mol. The van der Waals surface area contributed by atoms with E-state index >= 15 is 0 Å². The van der Waals surface area contributed by atoms with E-state index in [4.69, 9.17) is 14.7 Å². The summed E-state index contributed by atoms with van der Waals surface area (Å²) in [5, 5.41) is 0. The molecule has 0 unspecified atom stereocenters. The average molecular weight is 466 g/mol. The lowest BCUT2D eigenvalue weighted by molar-refractivity contribution is 0.122. The quantitative estimate of drug-likeness (QED) is 0.607. The van der Waals surface area contributed by atoms with Gasteiger partial charge in [0.15, 0.2) is 0 Å². The Morgan fingerprint density at radius 3 is 2.54 bits per heavy atom. The van der Waals surface area contributed by atoms with Crippen LogP contribution in [0.1, 0.15) is 37.9 Å². The summed E-state index contributed by atoms with van der Waals surface area (Å²) in [7, 11) is 0. The Labute approximate surface area is 169 Å². The van der Waals surface area contributed by atoms with Crippen molar-refractivity contribution in [2.75, 3.05) is 42.6 Å². The molecular formula is C20H27IN4O. The topological polar surface area (TPSA) is 41.5 Å². The minimum atomic E-state index is 0.524. The highest BCUT2D eigenvalue weighted by Crippen LogP contribution is 2.31. The van der Waals surface area contributed by atoms with Gasteiger partial charge in [0.05, 0.1) is 18.9 Å². The number of aromatic nitrogens is 2. The third-order valence-electron chi connectivity index (χ3n) is 4.65. The van der Waals surface area contributed by atoms with E-state index < -0.39 is 0 Å². The minimum Gasteiger partial charge on any atom is -0.378 e. The van der Waals surface area contributed by atoms with Crippen molar-refractivity contribution in [3.63, 3.8) is 0 Å². The van der Waals surface area contributed by atoms with Gasteiger partial charge in [-0.3, -0.25) is 0 Å². The lowest BCUT2D eigenvalue weighted by Crippen LogP contribution is -2.37. The molecule has 26 heavy (non-hydrogen) atoms. The molecule has 3 rings (SSSR count). The molecule has 0 atom stereocenters. The highest BCUT2D eigenvalue weighted by Gasteiger charge is 2.19. The number of morpholine rings is 1. The number of ether oxygens (including phenoxy) is 1. The first-order chi connectivity index (χ1) is 12.5. The van der Waals surface area contributed by atoms with Gasteiger partial charge in [-0.2, -0.15) is 4.98 Å². The molecule has 0 spiro atoms. The fourth-order valence-electron chi connectivity index (χ4n) is 3.13. The van der Waals surface area contributed by atoms with Gasteiger partial charge in [0, 0.05) is 35.0 Å². The summed E-state index contributed by atoms with van der Waals surface area (Å²) in [6.07, 6.45) is 0. The van der Waals surface area contributed by atoms with Gasteiger partial charge in [0.2, 0.25) is 5.95 Å². The maximum Gasteiger partial charge on any atom is 0.232 e. The van der Waals surface area contributed by atoms with Crippen molar-refractivity contribution in [2.24, 2.45) is 0 Å². The van der Waals surface area contributed by atoms with Gasteiger partial charge in [0.1, 0.15) is 5.82 Å². The van der Waals surface area contributed by atoms with Gasteiger partial charge in [0.25, 0.3) is 0 Å². The van der Waals surface area contributed by atoms with E-state index in [0.29, 0.717) is 5.92 Å². The van der Waals surface area contributed by atoms with E-state index in [1.807, 2.05) is 6.92 Å². The Bertz CT molecular complexity index is 759. The van der Waals surface area contributed by atoms with Crippen molar-refractivity contribution < 1.29 is 4.74 Å². The SMILES string of the molecule is CCN(c1nc(C)cc(N2CCOCC2)n1)c1ccc(C(C)C)cc1I. The van der Waals surface area contributed by atoms with Crippen molar-refractivity contribution in [3.05, 3.63) is 39.1 Å². The van der Waals surface area contributed by atoms with Crippen LogP contribution in [0.3, 0.4) is 0 Å². The Morgan fingerprint density at radius 2 is 1.92 bits per heavy atom. The molecule has 1 aromatic heterocycles. The standard InChI is InChI=1S/C20H27IN4O/c1-5-25(18-7-6-16(14(2)3)13-17(18)21)20-22-15(4)12-19(23-20)24-8-10-26-11-9-24/h6-7,12-14H,5,8-11H2,1-4H3. The number of nitrogens with zero attached hydrogens (tertiary/aromatic N) is 4. The Balaban J connectivity index is 1.96. The van der Waals surface area contributed by atoms with Crippen LogP contribution >= 0.6 is 22.6 Å². The van der Waals surface area contributed by atoms with E-state index in [2.05, 4.69) is 77.4 Å². The van der Waals surface area contributed by atoms with Crippen molar-refractivity contribution in [3.8, 4) is 0 Å². The Morgan fingerprint density at radius 1 is 1.19 bits per heavy atom. The van der Waals surface area contributed by atoms with E-state index in [9.17, 15) is 0 Å². The van der Waals surface area contributed by atoms with Crippen LogP contribution < -0.4 is 9.80 Å². The molecule has 0 bridgehead atoms. The lowest BCUT2D eigenvalue weighted by Gasteiger charge is -2.29. The molecule has 1 aliphatic heterocycles. The van der Waals surface area contributed by atoms with Crippen molar-refractivity contribution in [1.29, 1.82) is 0 Å². The Hall–Kier alpha value is -1.41. The molecule has 6 heteroatoms. The second-order valence-corrected chi connectivity index (χ2v) is 8.04. The van der Waals surface area contributed by atoms with E-state index in [-0.39, 0.29) is 0 Å². The zero-order valence-electron chi connectivity index (χ0n) is 16.0. The average Bonchev–Trinajstić information content (AvgIpc) is 2.64. The van der Waals surface area contributed by atoms with Gasteiger partial charge >= 0.3 is 0 Å². The molecule has 1 aromatic carbocycles. The molecule has 140 valence electrons. The van der Waals surface area contributed by atoms with Crippen LogP contribution in [0, 0.1) is 10.5 Å². The number of halogens is 1. The summed E-state index contributed by atoms with van der Waals surface area (Å²) in [5.74, 6) is 2.28. The highest BCUT2D eigenvalue weighted by molar-refractivity contribution is 14.1. The van der Waals surface area contributed by atoms with Crippen LogP contribution in [-0.2, 0) is 4.74 Å². The predicted molar refractivity (Wildman–Crippen MR) is 116 cm³/mol. The van der Waals surface area contributed by atoms with Crippen LogP contribution in [0.25, 0.3) is 0 Å². The fraction of sp³-hybridized carbons (Fsp3) is 0.500. The first-order valence-electron chi connectivity index (χ1n) is 9.25.